The van der Waals surface area contributed by atoms with Gasteiger partial charge in [0, 0.05) is 13.0 Å². The first-order valence-electron chi connectivity index (χ1n) is 30.3. The first-order valence-corrected chi connectivity index (χ1v) is 30.3. The third-order valence-corrected chi connectivity index (χ3v) is 13.8. The molecule has 14 heteroatoms. The largest absolute Gasteiger partial charge is 0.457 e. The van der Waals surface area contributed by atoms with E-state index in [9.17, 15) is 40.5 Å². The lowest BCUT2D eigenvalue weighted by Gasteiger charge is -2.42. The second-order valence-corrected chi connectivity index (χ2v) is 20.8. The summed E-state index contributed by atoms with van der Waals surface area (Å²) in [6.45, 7) is 3.52. The number of unbranched alkanes of at least 4 members (excludes halogenated alkanes) is 18. The molecule has 14 nitrogen and oxygen atoms in total. The Morgan fingerprint density at radius 1 is 0.436 bits per heavy atom. The van der Waals surface area contributed by atoms with Crippen molar-refractivity contribution in [3.05, 3.63) is 97.2 Å². The predicted octanol–water partition coefficient (Wildman–Crippen LogP) is 11.4. The molecule has 0 aliphatic carbocycles. The van der Waals surface area contributed by atoms with Gasteiger partial charge in [-0.05, 0) is 96.3 Å². The van der Waals surface area contributed by atoms with Crippen molar-refractivity contribution in [1.82, 2.24) is 0 Å². The molecule has 2 fully saturated rings. The van der Waals surface area contributed by atoms with E-state index < -0.39 is 86.7 Å². The predicted molar refractivity (Wildman–Crippen MR) is 311 cm³/mol. The summed E-state index contributed by atoms with van der Waals surface area (Å²) in [7, 11) is 0. The molecule has 2 aliphatic heterocycles. The van der Waals surface area contributed by atoms with Crippen LogP contribution in [0.5, 0.6) is 0 Å². The highest BCUT2D eigenvalue weighted by molar-refractivity contribution is 5.69. The fraction of sp³-hybridized carbons (Fsp3) is 0.734. The Balaban J connectivity index is 1.72. The topological polar surface area (TPSA) is 214 Å². The zero-order valence-corrected chi connectivity index (χ0v) is 48.1. The van der Waals surface area contributed by atoms with Crippen molar-refractivity contribution >= 4 is 5.97 Å². The minimum absolute atomic E-state index is 0.0456. The van der Waals surface area contributed by atoms with Crippen LogP contribution in [-0.2, 0) is 33.2 Å². The average molecular weight is 1100 g/mol. The van der Waals surface area contributed by atoms with Crippen molar-refractivity contribution in [2.75, 3.05) is 33.0 Å². The van der Waals surface area contributed by atoms with E-state index in [1.54, 1.807) is 0 Å². The van der Waals surface area contributed by atoms with E-state index in [2.05, 4.69) is 111 Å². The molecule has 78 heavy (non-hydrogen) atoms. The van der Waals surface area contributed by atoms with Crippen molar-refractivity contribution in [3.63, 3.8) is 0 Å². The summed E-state index contributed by atoms with van der Waals surface area (Å²) in [6, 6.07) is 0. The molecule has 0 aromatic heterocycles. The standard InChI is InChI=1S/C64H108O14/c1-3-5-7-9-11-13-15-17-19-21-23-24-25-26-27-28-29-31-33-35-37-39-41-43-45-47-56(66)76-53(50-73-48-46-44-42-40-38-36-34-32-30-22-20-18-16-14-12-10-8-6-4-2)51-74-63-62(72)60(70)58(68)55(78-63)52-75-64-61(71)59(69)57(67)54(49-65)77-64/h5,7,11,13-14,16-17,19-20,22-24,26-27,29,31,53-55,57-65,67-72H,3-4,6,8-10,12,15,18,21,25,28,30,32-52H2,1-2H3/b7-5-,13-11-,16-14-,19-17-,22-20-,24-23-,27-26-,31-29-. The highest BCUT2D eigenvalue weighted by atomic mass is 16.7. The molecule has 7 N–H and O–H groups in total. The van der Waals surface area contributed by atoms with E-state index in [-0.39, 0.29) is 19.6 Å². The molecule has 0 aromatic rings. The molecule has 2 heterocycles. The lowest BCUT2D eigenvalue weighted by molar-refractivity contribution is -0.332. The molecule has 0 aromatic carbocycles. The third kappa shape index (κ3) is 35.6. The summed E-state index contributed by atoms with van der Waals surface area (Å²) in [4.78, 5) is 13.1. The maximum Gasteiger partial charge on any atom is 0.306 e. The summed E-state index contributed by atoms with van der Waals surface area (Å²) in [5.41, 5.74) is 0. The fourth-order valence-electron chi connectivity index (χ4n) is 8.97. The number of hydrogen-bond acceptors (Lipinski definition) is 14. The van der Waals surface area contributed by atoms with Gasteiger partial charge in [0.15, 0.2) is 12.6 Å². The van der Waals surface area contributed by atoms with Crippen LogP contribution in [0.15, 0.2) is 97.2 Å². The van der Waals surface area contributed by atoms with Gasteiger partial charge < -0.3 is 64.2 Å². The normalized spacial score (nSPS) is 24.8. The molecule has 2 rings (SSSR count). The Morgan fingerprint density at radius 3 is 1.31 bits per heavy atom. The van der Waals surface area contributed by atoms with Gasteiger partial charge in [-0.15, -0.1) is 0 Å². The van der Waals surface area contributed by atoms with Crippen LogP contribution in [0.4, 0.5) is 0 Å². The van der Waals surface area contributed by atoms with Gasteiger partial charge in [0.25, 0.3) is 0 Å². The molecule has 0 radical (unpaired) electrons. The van der Waals surface area contributed by atoms with Crippen LogP contribution in [0, 0.1) is 0 Å². The van der Waals surface area contributed by atoms with Gasteiger partial charge in [0.05, 0.1) is 26.4 Å². The van der Waals surface area contributed by atoms with Gasteiger partial charge in [-0.25, -0.2) is 0 Å². The summed E-state index contributed by atoms with van der Waals surface area (Å²) in [5, 5.41) is 72.4. The molecule has 448 valence electrons. The Hall–Kier alpha value is -3.09. The molecule has 11 atom stereocenters. The van der Waals surface area contributed by atoms with Crippen molar-refractivity contribution in [2.45, 2.75) is 268 Å². The van der Waals surface area contributed by atoms with Crippen LogP contribution in [0.3, 0.4) is 0 Å². The van der Waals surface area contributed by atoms with E-state index in [0.717, 1.165) is 109 Å². The number of carbonyl (C=O) groups is 1. The molecule has 2 saturated heterocycles. The Morgan fingerprint density at radius 2 is 0.833 bits per heavy atom. The lowest BCUT2D eigenvalue weighted by atomic mass is 9.98. The fourth-order valence-corrected chi connectivity index (χ4v) is 8.97. The SMILES string of the molecule is CC/C=C\C/C=C\C/C=C\C/C=C\C/C=C\C/C=C\CCCCCCCCC(=O)OC(COCCCCCCCCCC/C=C\C/C=C\CCCCCC)COC1OC(COC2OC(CO)C(O)C(O)C2O)C(O)C(O)C1O. The van der Waals surface area contributed by atoms with Gasteiger partial charge in [-0.2, -0.15) is 0 Å². The zero-order valence-electron chi connectivity index (χ0n) is 48.1. The molecule has 0 saturated carbocycles. The number of aliphatic hydroxyl groups excluding tert-OH is 7. The average Bonchev–Trinajstić information content (AvgIpc) is 3.44. The molecule has 2 aliphatic rings. The highest BCUT2D eigenvalue weighted by Gasteiger charge is 2.47. The summed E-state index contributed by atoms with van der Waals surface area (Å²) < 4.78 is 34.4. The van der Waals surface area contributed by atoms with Gasteiger partial charge >= 0.3 is 5.97 Å². The summed E-state index contributed by atoms with van der Waals surface area (Å²) in [5.74, 6) is -0.395. The van der Waals surface area contributed by atoms with Crippen LogP contribution in [0.2, 0.25) is 0 Å². The Bertz CT molecular complexity index is 1660. The smallest absolute Gasteiger partial charge is 0.306 e. The number of rotatable bonds is 48. The number of hydrogen-bond donors (Lipinski definition) is 7. The van der Waals surface area contributed by atoms with E-state index in [1.165, 1.54) is 64.2 Å². The van der Waals surface area contributed by atoms with Crippen molar-refractivity contribution in [3.8, 4) is 0 Å². The van der Waals surface area contributed by atoms with Gasteiger partial charge in [-0.1, -0.05) is 195 Å². The summed E-state index contributed by atoms with van der Waals surface area (Å²) in [6.07, 6.45) is 50.3. The van der Waals surface area contributed by atoms with Gasteiger partial charge in [-0.3, -0.25) is 4.79 Å². The second kappa shape index (κ2) is 49.7. The monoisotopic (exact) mass is 1100 g/mol. The maximum atomic E-state index is 13.1. The van der Waals surface area contributed by atoms with E-state index >= 15 is 0 Å². The summed E-state index contributed by atoms with van der Waals surface area (Å²) >= 11 is 0. The number of esters is 1. The first-order chi connectivity index (χ1) is 38.1. The number of carbonyl (C=O) groups excluding carboxylic acids is 1. The zero-order chi connectivity index (χ0) is 56.5. The van der Waals surface area contributed by atoms with Crippen molar-refractivity contribution in [1.29, 1.82) is 0 Å². The quantitative estimate of drug-likeness (QED) is 0.0172. The van der Waals surface area contributed by atoms with Crippen LogP contribution < -0.4 is 0 Å². The number of allylic oxidation sites excluding steroid dienone is 16. The van der Waals surface area contributed by atoms with Crippen molar-refractivity contribution < 1.29 is 69.0 Å². The van der Waals surface area contributed by atoms with Gasteiger partial charge in [0.1, 0.15) is 54.9 Å². The lowest BCUT2D eigenvalue weighted by Crippen LogP contribution is -2.61. The van der Waals surface area contributed by atoms with Crippen molar-refractivity contribution in [2.24, 2.45) is 0 Å². The van der Waals surface area contributed by atoms with Crippen LogP contribution in [0.25, 0.3) is 0 Å². The first kappa shape index (κ1) is 71.0. The van der Waals surface area contributed by atoms with Crippen LogP contribution >= 0.6 is 0 Å². The van der Waals surface area contributed by atoms with Crippen LogP contribution in [-0.4, -0.2) is 142 Å². The molecule has 11 unspecified atom stereocenters. The molecular formula is C64H108O14. The second-order valence-electron chi connectivity index (χ2n) is 20.8. The highest BCUT2D eigenvalue weighted by Crippen LogP contribution is 2.26. The van der Waals surface area contributed by atoms with E-state index in [0.29, 0.717) is 13.0 Å². The minimum atomic E-state index is -1.72. The molecular weight excluding hydrogens is 993 g/mol. The van der Waals surface area contributed by atoms with E-state index in [1.807, 2.05) is 0 Å². The van der Waals surface area contributed by atoms with E-state index in [4.69, 9.17) is 28.4 Å². The maximum absolute atomic E-state index is 13.1. The molecule has 0 spiro atoms. The number of aliphatic hydroxyl groups is 7. The molecule has 0 amide bonds. The number of ether oxygens (including phenoxy) is 6. The third-order valence-electron chi connectivity index (χ3n) is 13.8. The Labute approximate surface area is 471 Å². The Kier molecular flexibility index (Phi) is 45.3. The molecule has 0 bridgehead atoms. The van der Waals surface area contributed by atoms with Gasteiger partial charge in [0.2, 0.25) is 0 Å². The minimum Gasteiger partial charge on any atom is -0.457 e. The van der Waals surface area contributed by atoms with Crippen LogP contribution in [0.1, 0.15) is 200 Å².